The van der Waals surface area contributed by atoms with E-state index in [4.69, 9.17) is 16.2 Å². The molecule has 78 valence electrons. The van der Waals surface area contributed by atoms with E-state index in [9.17, 15) is 0 Å². The Bertz CT molecular complexity index is 278. The van der Waals surface area contributed by atoms with Crippen molar-refractivity contribution in [2.45, 2.75) is 19.6 Å². The molecule has 4 heteroatoms. The molecule has 0 radical (unpaired) electrons. The molecule has 14 heavy (non-hydrogen) atoms. The van der Waals surface area contributed by atoms with Gasteiger partial charge in [0.1, 0.15) is 0 Å². The second kappa shape index (κ2) is 5.70. The van der Waals surface area contributed by atoms with E-state index >= 15 is 0 Å². The summed E-state index contributed by atoms with van der Waals surface area (Å²) >= 11 is 0. The molecular formula is C10H17N3O. The Balaban J connectivity index is 2.31. The molecule has 4 nitrogen and oxygen atoms in total. The van der Waals surface area contributed by atoms with Gasteiger partial charge in [-0.2, -0.15) is 0 Å². The summed E-state index contributed by atoms with van der Waals surface area (Å²) in [5.74, 6) is 0. The summed E-state index contributed by atoms with van der Waals surface area (Å²) < 4.78 is 5.36. The van der Waals surface area contributed by atoms with Crippen molar-refractivity contribution < 1.29 is 4.74 Å². The summed E-state index contributed by atoms with van der Waals surface area (Å²) in [6, 6.07) is 3.86. The topological polar surface area (TPSA) is 74.2 Å². The molecule has 0 aliphatic heterocycles. The van der Waals surface area contributed by atoms with Crippen molar-refractivity contribution in [1.82, 2.24) is 4.98 Å². The van der Waals surface area contributed by atoms with Crippen molar-refractivity contribution in [3.8, 4) is 0 Å². The van der Waals surface area contributed by atoms with Gasteiger partial charge in [0.05, 0.1) is 18.9 Å². The van der Waals surface area contributed by atoms with Crippen LogP contribution < -0.4 is 11.5 Å². The second-order valence-electron chi connectivity index (χ2n) is 3.34. The lowest BCUT2D eigenvalue weighted by molar-refractivity contribution is 0.107. The molecule has 0 fully saturated rings. The Kier molecular flexibility index (Phi) is 4.52. The van der Waals surface area contributed by atoms with Crippen LogP contribution >= 0.6 is 0 Å². The normalized spacial score (nSPS) is 12.8. The molecule has 0 amide bonds. The first-order valence-electron chi connectivity index (χ1n) is 4.67. The molecule has 0 saturated carbocycles. The minimum Gasteiger partial charge on any atom is -0.373 e. The van der Waals surface area contributed by atoms with Gasteiger partial charge < -0.3 is 16.2 Å². The third kappa shape index (κ3) is 3.83. The highest BCUT2D eigenvalue weighted by atomic mass is 16.5. The van der Waals surface area contributed by atoms with Gasteiger partial charge in [0.15, 0.2) is 0 Å². The molecule has 0 saturated heterocycles. The number of aryl methyl sites for hydroxylation is 1. The molecule has 0 aliphatic rings. The Morgan fingerprint density at radius 3 is 3.00 bits per heavy atom. The monoisotopic (exact) mass is 195 g/mol. The fraction of sp³-hybridized carbons (Fsp3) is 0.500. The molecule has 1 unspecified atom stereocenters. The molecule has 1 rings (SSSR count). The first-order valence-corrected chi connectivity index (χ1v) is 4.67. The highest BCUT2D eigenvalue weighted by molar-refractivity contribution is 5.13. The van der Waals surface area contributed by atoms with Crippen LogP contribution in [0.15, 0.2) is 18.3 Å². The van der Waals surface area contributed by atoms with Gasteiger partial charge in [-0.3, -0.25) is 4.98 Å². The number of aromatic nitrogens is 1. The number of rotatable bonds is 5. The predicted octanol–water partition coefficient (Wildman–Crippen LogP) is 0.193. The van der Waals surface area contributed by atoms with E-state index in [1.165, 1.54) is 5.56 Å². The fourth-order valence-corrected chi connectivity index (χ4v) is 1.06. The molecule has 4 N–H and O–H groups in total. The minimum absolute atomic E-state index is 0.0835. The van der Waals surface area contributed by atoms with Crippen LogP contribution in [-0.2, 0) is 11.3 Å². The van der Waals surface area contributed by atoms with Crippen LogP contribution in [0.3, 0.4) is 0 Å². The van der Waals surface area contributed by atoms with Crippen molar-refractivity contribution in [2.75, 3.05) is 13.2 Å². The molecule has 0 aromatic carbocycles. The Hall–Kier alpha value is -0.970. The van der Waals surface area contributed by atoms with E-state index in [0.29, 0.717) is 19.8 Å². The summed E-state index contributed by atoms with van der Waals surface area (Å²) in [6.45, 7) is 3.44. The molecular weight excluding hydrogens is 178 g/mol. The molecule has 0 aliphatic carbocycles. The average molecular weight is 195 g/mol. The number of pyridine rings is 1. The molecule has 1 atom stereocenters. The Morgan fingerprint density at radius 1 is 1.57 bits per heavy atom. The summed E-state index contributed by atoms with van der Waals surface area (Å²) in [4.78, 5) is 4.17. The van der Waals surface area contributed by atoms with Crippen LogP contribution in [0, 0.1) is 6.92 Å². The predicted molar refractivity (Wildman–Crippen MR) is 55.7 cm³/mol. The highest BCUT2D eigenvalue weighted by Gasteiger charge is 2.00. The lowest BCUT2D eigenvalue weighted by Crippen LogP contribution is -2.34. The SMILES string of the molecule is Cc1ccnc(COCC(N)CN)c1. The van der Waals surface area contributed by atoms with E-state index in [-0.39, 0.29) is 6.04 Å². The van der Waals surface area contributed by atoms with Crippen molar-refractivity contribution in [3.05, 3.63) is 29.6 Å². The number of hydrogen-bond donors (Lipinski definition) is 2. The zero-order valence-electron chi connectivity index (χ0n) is 8.44. The van der Waals surface area contributed by atoms with E-state index in [0.717, 1.165) is 5.69 Å². The summed E-state index contributed by atoms with van der Waals surface area (Å²) in [7, 11) is 0. The average Bonchev–Trinajstić information content (AvgIpc) is 2.17. The number of ether oxygens (including phenoxy) is 1. The Morgan fingerprint density at radius 2 is 2.36 bits per heavy atom. The van der Waals surface area contributed by atoms with Crippen molar-refractivity contribution in [2.24, 2.45) is 11.5 Å². The molecule has 1 heterocycles. The van der Waals surface area contributed by atoms with Gasteiger partial charge in [0, 0.05) is 18.8 Å². The minimum atomic E-state index is -0.0835. The highest BCUT2D eigenvalue weighted by Crippen LogP contribution is 2.01. The number of nitrogens with zero attached hydrogens (tertiary/aromatic N) is 1. The number of nitrogens with two attached hydrogens (primary N) is 2. The molecule has 1 aromatic heterocycles. The summed E-state index contributed by atoms with van der Waals surface area (Å²) in [5, 5.41) is 0. The molecule has 1 aromatic rings. The maximum absolute atomic E-state index is 5.60. The largest absolute Gasteiger partial charge is 0.373 e. The number of hydrogen-bond acceptors (Lipinski definition) is 4. The first-order chi connectivity index (χ1) is 6.72. The van der Waals surface area contributed by atoms with E-state index in [1.54, 1.807) is 6.20 Å². The van der Waals surface area contributed by atoms with Crippen LogP contribution in [0.25, 0.3) is 0 Å². The third-order valence-electron chi connectivity index (χ3n) is 1.86. The van der Waals surface area contributed by atoms with E-state index in [1.807, 2.05) is 19.1 Å². The van der Waals surface area contributed by atoms with Gasteiger partial charge in [-0.05, 0) is 24.6 Å². The van der Waals surface area contributed by atoms with Crippen molar-refractivity contribution >= 4 is 0 Å². The van der Waals surface area contributed by atoms with Gasteiger partial charge in [-0.25, -0.2) is 0 Å². The van der Waals surface area contributed by atoms with E-state index < -0.39 is 0 Å². The van der Waals surface area contributed by atoms with Gasteiger partial charge in [0.2, 0.25) is 0 Å². The first kappa shape index (κ1) is 11.1. The van der Waals surface area contributed by atoms with Gasteiger partial charge in [-0.15, -0.1) is 0 Å². The smallest absolute Gasteiger partial charge is 0.0888 e. The zero-order chi connectivity index (χ0) is 10.4. The fourth-order valence-electron chi connectivity index (χ4n) is 1.06. The van der Waals surface area contributed by atoms with Crippen LogP contribution in [0.5, 0.6) is 0 Å². The van der Waals surface area contributed by atoms with Crippen LogP contribution in [0.1, 0.15) is 11.3 Å². The van der Waals surface area contributed by atoms with Gasteiger partial charge in [0.25, 0.3) is 0 Å². The van der Waals surface area contributed by atoms with Gasteiger partial charge in [-0.1, -0.05) is 0 Å². The van der Waals surface area contributed by atoms with Crippen LogP contribution in [-0.4, -0.2) is 24.2 Å². The summed E-state index contributed by atoms with van der Waals surface area (Å²) in [5.41, 5.74) is 13.1. The van der Waals surface area contributed by atoms with Crippen LogP contribution in [0.2, 0.25) is 0 Å². The van der Waals surface area contributed by atoms with Crippen molar-refractivity contribution in [1.29, 1.82) is 0 Å². The quantitative estimate of drug-likeness (QED) is 0.703. The lowest BCUT2D eigenvalue weighted by Gasteiger charge is -2.09. The van der Waals surface area contributed by atoms with Crippen LogP contribution in [0.4, 0.5) is 0 Å². The standard InChI is InChI=1S/C10H17N3O/c1-8-2-3-13-10(4-8)7-14-6-9(12)5-11/h2-4,9H,5-7,11-12H2,1H3. The van der Waals surface area contributed by atoms with Crippen molar-refractivity contribution in [3.63, 3.8) is 0 Å². The third-order valence-corrected chi connectivity index (χ3v) is 1.86. The maximum Gasteiger partial charge on any atom is 0.0888 e. The molecule has 0 spiro atoms. The van der Waals surface area contributed by atoms with Gasteiger partial charge >= 0.3 is 0 Å². The molecule has 0 bridgehead atoms. The lowest BCUT2D eigenvalue weighted by atomic mass is 10.2. The Labute approximate surface area is 84.3 Å². The van der Waals surface area contributed by atoms with E-state index in [2.05, 4.69) is 4.98 Å². The zero-order valence-corrected chi connectivity index (χ0v) is 8.44. The second-order valence-corrected chi connectivity index (χ2v) is 3.34. The summed E-state index contributed by atoms with van der Waals surface area (Å²) in [6.07, 6.45) is 1.77. The maximum atomic E-state index is 5.60.